The summed E-state index contributed by atoms with van der Waals surface area (Å²) in [4.78, 5) is 0. The average Bonchev–Trinajstić information content (AvgIpc) is 2.83. The highest BCUT2D eigenvalue weighted by Gasteiger charge is 2.34. The second kappa shape index (κ2) is 6.37. The van der Waals surface area contributed by atoms with E-state index in [1.54, 1.807) is 24.3 Å². The van der Waals surface area contributed by atoms with Crippen LogP contribution in [0.1, 0.15) is 33.4 Å². The predicted octanol–water partition coefficient (Wildman–Crippen LogP) is 4.33. The van der Waals surface area contributed by atoms with E-state index in [0.717, 1.165) is 27.8 Å². The molecule has 0 bridgehead atoms. The second-order valence-corrected chi connectivity index (χ2v) is 6.16. The first kappa shape index (κ1) is 15.9. The predicted molar refractivity (Wildman–Crippen MR) is 103 cm³/mol. The number of nitrogens with zero attached hydrogens (tertiary/aromatic N) is 1. The Morgan fingerprint density at radius 3 is 1.73 bits per heavy atom. The van der Waals surface area contributed by atoms with E-state index >= 15 is 0 Å². The molecule has 3 aromatic carbocycles. The molecule has 3 aromatic rings. The Hall–Kier alpha value is -3.59. The Kier molecular flexibility index (Phi) is 3.90. The molecule has 0 heterocycles. The van der Waals surface area contributed by atoms with Crippen LogP contribution >= 0.6 is 0 Å². The zero-order chi connectivity index (χ0) is 18.0. The van der Waals surface area contributed by atoms with E-state index < -0.39 is 5.60 Å². The van der Waals surface area contributed by atoms with Gasteiger partial charge in [0, 0.05) is 16.7 Å². The zero-order valence-corrected chi connectivity index (χ0v) is 14.0. The lowest BCUT2D eigenvalue weighted by atomic mass is 9.83. The smallest absolute Gasteiger partial charge is 0.178 e. The number of nitriles is 1. The fourth-order valence-electron chi connectivity index (χ4n) is 3.19. The van der Waals surface area contributed by atoms with Crippen molar-refractivity contribution in [2.45, 2.75) is 5.60 Å². The molecule has 0 aromatic heterocycles. The van der Waals surface area contributed by atoms with Crippen LogP contribution in [-0.2, 0) is 5.60 Å². The third-order valence-electron chi connectivity index (χ3n) is 4.55. The van der Waals surface area contributed by atoms with E-state index in [9.17, 15) is 5.11 Å². The lowest BCUT2D eigenvalue weighted by Crippen LogP contribution is -2.26. The van der Waals surface area contributed by atoms with Crippen LogP contribution in [0.4, 0.5) is 0 Å². The topological polar surface area (TPSA) is 44.0 Å². The standard InChI is InChI=1S/C24H15NO/c25-17-19-11-9-18(10-12-19)15-16-24(26)22-7-3-1-5-20(22)13-14-21-6-2-4-8-23(21)24/h1-14,26H. The monoisotopic (exact) mass is 333 g/mol. The van der Waals surface area contributed by atoms with E-state index in [1.165, 1.54) is 0 Å². The molecule has 0 atom stereocenters. The first-order chi connectivity index (χ1) is 12.7. The van der Waals surface area contributed by atoms with Crippen molar-refractivity contribution in [3.8, 4) is 17.9 Å². The van der Waals surface area contributed by atoms with Crippen molar-refractivity contribution in [1.29, 1.82) is 5.26 Å². The molecule has 0 saturated heterocycles. The van der Waals surface area contributed by atoms with Gasteiger partial charge in [-0.15, -0.1) is 0 Å². The van der Waals surface area contributed by atoms with Gasteiger partial charge >= 0.3 is 0 Å². The molecule has 1 N–H and O–H groups in total. The van der Waals surface area contributed by atoms with Crippen molar-refractivity contribution in [3.05, 3.63) is 106 Å². The Balaban J connectivity index is 1.90. The fraction of sp³-hybridized carbons (Fsp3) is 0.0417. The Labute approximate surface area is 152 Å². The van der Waals surface area contributed by atoms with E-state index in [2.05, 4.69) is 17.9 Å². The number of hydrogen-bond donors (Lipinski definition) is 1. The summed E-state index contributed by atoms with van der Waals surface area (Å²) in [6.45, 7) is 0. The molecule has 1 aliphatic rings. The van der Waals surface area contributed by atoms with Gasteiger partial charge in [0.05, 0.1) is 11.6 Å². The van der Waals surface area contributed by atoms with E-state index in [-0.39, 0.29) is 0 Å². The van der Waals surface area contributed by atoms with Crippen molar-refractivity contribution < 1.29 is 5.11 Å². The number of benzene rings is 3. The van der Waals surface area contributed by atoms with Crippen molar-refractivity contribution in [1.82, 2.24) is 0 Å². The minimum Gasteiger partial charge on any atom is -0.369 e. The Morgan fingerprint density at radius 2 is 1.19 bits per heavy atom. The third-order valence-corrected chi connectivity index (χ3v) is 4.55. The molecule has 2 heteroatoms. The molecule has 0 radical (unpaired) electrons. The highest BCUT2D eigenvalue weighted by molar-refractivity contribution is 5.78. The summed E-state index contributed by atoms with van der Waals surface area (Å²) >= 11 is 0. The minimum absolute atomic E-state index is 0.587. The quantitative estimate of drug-likeness (QED) is 0.622. The van der Waals surface area contributed by atoms with Crippen LogP contribution in [0.25, 0.3) is 12.2 Å². The molecule has 122 valence electrons. The summed E-state index contributed by atoms with van der Waals surface area (Å²) in [5.41, 5.74) is 3.35. The molecule has 2 nitrogen and oxygen atoms in total. The summed E-state index contributed by atoms with van der Waals surface area (Å²) < 4.78 is 0. The molecule has 0 fully saturated rings. The Bertz CT molecular complexity index is 1060. The summed E-state index contributed by atoms with van der Waals surface area (Å²) in [5, 5.41) is 20.6. The average molecular weight is 333 g/mol. The molecule has 0 aliphatic heterocycles. The van der Waals surface area contributed by atoms with Crippen molar-refractivity contribution in [2.24, 2.45) is 0 Å². The molecule has 4 rings (SSSR count). The number of aliphatic hydroxyl groups is 1. The van der Waals surface area contributed by atoms with Crippen LogP contribution in [0.2, 0.25) is 0 Å². The van der Waals surface area contributed by atoms with Gasteiger partial charge in [-0.3, -0.25) is 0 Å². The molecule has 1 aliphatic carbocycles. The fourth-order valence-corrected chi connectivity index (χ4v) is 3.19. The van der Waals surface area contributed by atoms with E-state index in [0.29, 0.717) is 5.56 Å². The number of fused-ring (bicyclic) bond motifs is 2. The van der Waals surface area contributed by atoms with Crippen LogP contribution in [-0.4, -0.2) is 5.11 Å². The molecule has 0 spiro atoms. The summed E-state index contributed by atoms with van der Waals surface area (Å²) in [7, 11) is 0. The highest BCUT2D eigenvalue weighted by atomic mass is 16.3. The Morgan fingerprint density at radius 1 is 0.692 bits per heavy atom. The molecule has 0 saturated carbocycles. The van der Waals surface area contributed by atoms with Gasteiger partial charge in [-0.2, -0.15) is 5.26 Å². The summed E-state index contributed by atoms with van der Waals surface area (Å²) in [5.74, 6) is 6.17. The first-order valence-electron chi connectivity index (χ1n) is 8.33. The van der Waals surface area contributed by atoms with Crippen molar-refractivity contribution in [3.63, 3.8) is 0 Å². The lowest BCUT2D eigenvalue weighted by Gasteiger charge is -2.25. The molecule has 0 unspecified atom stereocenters. The van der Waals surface area contributed by atoms with Crippen LogP contribution in [0.5, 0.6) is 0 Å². The molecule has 26 heavy (non-hydrogen) atoms. The molecule has 0 amide bonds. The normalized spacial score (nSPS) is 13.4. The molecular formula is C24H15NO. The van der Waals surface area contributed by atoms with Crippen LogP contribution in [0.3, 0.4) is 0 Å². The van der Waals surface area contributed by atoms with Gasteiger partial charge in [0.2, 0.25) is 0 Å². The van der Waals surface area contributed by atoms with Crippen LogP contribution in [0.15, 0.2) is 72.8 Å². The van der Waals surface area contributed by atoms with Crippen molar-refractivity contribution in [2.75, 3.05) is 0 Å². The van der Waals surface area contributed by atoms with Crippen molar-refractivity contribution >= 4 is 12.2 Å². The minimum atomic E-state index is -1.41. The van der Waals surface area contributed by atoms with Gasteiger partial charge in [-0.1, -0.05) is 72.5 Å². The summed E-state index contributed by atoms with van der Waals surface area (Å²) in [6.07, 6.45) is 4.02. The second-order valence-electron chi connectivity index (χ2n) is 6.16. The highest BCUT2D eigenvalue weighted by Crippen LogP contribution is 2.37. The van der Waals surface area contributed by atoms with Gasteiger partial charge < -0.3 is 5.11 Å². The largest absolute Gasteiger partial charge is 0.369 e. The maximum absolute atomic E-state index is 11.7. The van der Waals surface area contributed by atoms with Gasteiger partial charge in [-0.05, 0) is 35.4 Å². The van der Waals surface area contributed by atoms with E-state index in [4.69, 9.17) is 5.26 Å². The number of hydrogen-bond acceptors (Lipinski definition) is 2. The molecular weight excluding hydrogens is 318 g/mol. The van der Waals surface area contributed by atoms with Gasteiger partial charge in [0.25, 0.3) is 0 Å². The lowest BCUT2D eigenvalue weighted by molar-refractivity contribution is 0.145. The SMILES string of the molecule is N#Cc1ccc(C#CC2(O)c3ccccc3C=Cc3ccccc32)cc1. The van der Waals surface area contributed by atoms with Gasteiger partial charge in [0.15, 0.2) is 5.60 Å². The van der Waals surface area contributed by atoms with Crippen LogP contribution < -0.4 is 0 Å². The maximum Gasteiger partial charge on any atom is 0.178 e. The van der Waals surface area contributed by atoms with Gasteiger partial charge in [-0.25, -0.2) is 0 Å². The van der Waals surface area contributed by atoms with E-state index in [1.807, 2.05) is 60.7 Å². The maximum atomic E-state index is 11.7. The zero-order valence-electron chi connectivity index (χ0n) is 14.0. The third kappa shape index (κ3) is 2.70. The van der Waals surface area contributed by atoms with Crippen LogP contribution in [0, 0.1) is 23.2 Å². The first-order valence-corrected chi connectivity index (χ1v) is 8.33. The summed E-state index contributed by atoms with van der Waals surface area (Å²) in [6, 6.07) is 24.6. The number of rotatable bonds is 0. The van der Waals surface area contributed by atoms with Gasteiger partial charge in [0.1, 0.15) is 0 Å².